The Morgan fingerprint density at radius 2 is 1.76 bits per heavy atom. The second-order valence-electron chi connectivity index (χ2n) is 8.73. The molecule has 1 atom stereocenters. The maximum absolute atomic E-state index is 12.7. The second kappa shape index (κ2) is 5.82. The number of hydrogen-bond acceptors (Lipinski definition) is 3. The molecule has 1 aromatic carbocycles. The van der Waals surface area contributed by atoms with Gasteiger partial charge in [-0.3, -0.25) is 14.9 Å². The summed E-state index contributed by atoms with van der Waals surface area (Å²) in [5.74, 6) is 2.45. The van der Waals surface area contributed by atoms with Crippen LogP contribution >= 0.6 is 0 Å². The maximum Gasteiger partial charge on any atom is 0.272 e. The summed E-state index contributed by atoms with van der Waals surface area (Å²) in [6, 6.07) is 4.77. The highest BCUT2D eigenvalue weighted by Gasteiger charge is 2.53. The third-order valence-electron chi connectivity index (χ3n) is 7.01. The number of aryl methyl sites for hydroxylation is 1. The molecule has 0 aromatic heterocycles. The average molecular weight is 342 g/mol. The van der Waals surface area contributed by atoms with Gasteiger partial charge in [-0.25, -0.2) is 0 Å². The Morgan fingerprint density at radius 3 is 2.24 bits per heavy atom. The van der Waals surface area contributed by atoms with E-state index in [0.717, 1.165) is 17.8 Å². The van der Waals surface area contributed by atoms with E-state index in [1.165, 1.54) is 44.6 Å². The second-order valence-corrected chi connectivity index (χ2v) is 8.73. The van der Waals surface area contributed by atoms with E-state index < -0.39 is 4.92 Å². The van der Waals surface area contributed by atoms with Gasteiger partial charge in [0, 0.05) is 23.2 Å². The predicted molar refractivity (Wildman–Crippen MR) is 95.4 cm³/mol. The van der Waals surface area contributed by atoms with Gasteiger partial charge in [0.05, 0.1) is 4.92 Å². The first kappa shape index (κ1) is 16.6. The standard InChI is InChI=1S/C20H26N2O3/c1-12-5-17(3-4-18(12)22(24)25)19(23)21-13(2)20-9-14-6-15(10-20)8-16(7-14)11-20/h3-5,13-16H,6-11H2,1-2H3,(H,21,23). The number of amides is 1. The summed E-state index contributed by atoms with van der Waals surface area (Å²) < 4.78 is 0. The fraction of sp³-hybridized carbons (Fsp3) is 0.650. The van der Waals surface area contributed by atoms with Crippen molar-refractivity contribution in [1.29, 1.82) is 0 Å². The van der Waals surface area contributed by atoms with Gasteiger partial charge in [-0.15, -0.1) is 0 Å². The van der Waals surface area contributed by atoms with Crippen LogP contribution in [0.3, 0.4) is 0 Å². The van der Waals surface area contributed by atoms with Crippen LogP contribution in [0.4, 0.5) is 5.69 Å². The zero-order valence-electron chi connectivity index (χ0n) is 15.0. The normalized spacial score (nSPS) is 33.9. The van der Waals surface area contributed by atoms with Crippen LogP contribution in [0.1, 0.15) is 61.4 Å². The molecule has 1 N–H and O–H groups in total. The first-order chi connectivity index (χ1) is 11.9. The van der Waals surface area contributed by atoms with Gasteiger partial charge >= 0.3 is 0 Å². The van der Waals surface area contributed by atoms with E-state index >= 15 is 0 Å². The Kier molecular flexibility index (Phi) is 3.85. The summed E-state index contributed by atoms with van der Waals surface area (Å²) in [7, 11) is 0. The van der Waals surface area contributed by atoms with E-state index in [4.69, 9.17) is 0 Å². The van der Waals surface area contributed by atoms with E-state index in [0.29, 0.717) is 11.1 Å². The third-order valence-corrected chi connectivity index (χ3v) is 7.01. The first-order valence-electron chi connectivity index (χ1n) is 9.42. The highest BCUT2D eigenvalue weighted by molar-refractivity contribution is 5.95. The quantitative estimate of drug-likeness (QED) is 0.657. The van der Waals surface area contributed by atoms with E-state index in [9.17, 15) is 14.9 Å². The Morgan fingerprint density at radius 1 is 1.20 bits per heavy atom. The Labute approximate surface area is 148 Å². The van der Waals surface area contributed by atoms with Gasteiger partial charge in [0.1, 0.15) is 0 Å². The molecule has 5 rings (SSSR count). The number of nitrogens with zero attached hydrogens (tertiary/aromatic N) is 1. The average Bonchev–Trinajstić information content (AvgIpc) is 2.53. The smallest absolute Gasteiger partial charge is 0.272 e. The third kappa shape index (κ3) is 2.83. The molecule has 4 fully saturated rings. The number of carbonyl (C=O) groups is 1. The highest BCUT2D eigenvalue weighted by Crippen LogP contribution is 2.61. The van der Waals surface area contributed by atoms with Gasteiger partial charge in [-0.2, -0.15) is 0 Å². The summed E-state index contributed by atoms with van der Waals surface area (Å²) in [4.78, 5) is 23.2. The fourth-order valence-electron chi connectivity index (χ4n) is 6.14. The van der Waals surface area contributed by atoms with Crippen LogP contribution in [-0.2, 0) is 0 Å². The van der Waals surface area contributed by atoms with Crippen LogP contribution in [0, 0.1) is 40.2 Å². The lowest BCUT2D eigenvalue weighted by Crippen LogP contribution is -2.55. The molecule has 0 saturated heterocycles. The summed E-state index contributed by atoms with van der Waals surface area (Å²) >= 11 is 0. The molecule has 1 unspecified atom stereocenters. The molecule has 5 heteroatoms. The minimum absolute atomic E-state index is 0.0608. The number of nitrogens with one attached hydrogen (secondary N) is 1. The van der Waals surface area contributed by atoms with Gasteiger partial charge < -0.3 is 5.32 Å². The van der Waals surface area contributed by atoms with Crippen LogP contribution in [0.25, 0.3) is 0 Å². The predicted octanol–water partition coefficient (Wildman–Crippen LogP) is 4.24. The molecular weight excluding hydrogens is 316 g/mol. The lowest BCUT2D eigenvalue weighted by molar-refractivity contribution is -0.385. The summed E-state index contributed by atoms with van der Waals surface area (Å²) in [6.07, 6.45) is 7.92. The Balaban J connectivity index is 1.49. The Hall–Kier alpha value is -1.91. The van der Waals surface area contributed by atoms with Crippen molar-refractivity contribution in [2.24, 2.45) is 23.2 Å². The van der Waals surface area contributed by atoms with E-state index in [2.05, 4.69) is 12.2 Å². The summed E-state index contributed by atoms with van der Waals surface area (Å²) in [5, 5.41) is 14.2. The van der Waals surface area contributed by atoms with Crippen LogP contribution in [0.15, 0.2) is 18.2 Å². The molecule has 4 saturated carbocycles. The van der Waals surface area contributed by atoms with Crippen LogP contribution in [0.5, 0.6) is 0 Å². The molecule has 0 heterocycles. The molecule has 1 amide bonds. The molecule has 4 aliphatic carbocycles. The van der Waals surface area contributed by atoms with Crippen molar-refractivity contribution in [3.8, 4) is 0 Å². The number of nitro groups is 1. The van der Waals surface area contributed by atoms with Crippen LogP contribution in [-0.4, -0.2) is 16.9 Å². The molecule has 25 heavy (non-hydrogen) atoms. The molecule has 134 valence electrons. The van der Waals surface area contributed by atoms with Crippen molar-refractivity contribution in [2.45, 2.75) is 58.4 Å². The Bertz CT molecular complexity index is 692. The topological polar surface area (TPSA) is 72.2 Å². The minimum Gasteiger partial charge on any atom is -0.349 e. The lowest BCUT2D eigenvalue weighted by atomic mass is 9.48. The molecule has 5 nitrogen and oxygen atoms in total. The SMILES string of the molecule is Cc1cc(C(=O)NC(C)C23CC4CC(CC(C4)C2)C3)ccc1[N+](=O)[O-]. The number of benzene rings is 1. The van der Waals surface area contributed by atoms with Gasteiger partial charge in [0.15, 0.2) is 0 Å². The summed E-state index contributed by atoms with van der Waals surface area (Å²) in [6.45, 7) is 3.83. The van der Waals surface area contributed by atoms with Crippen LogP contribution < -0.4 is 5.32 Å². The largest absolute Gasteiger partial charge is 0.349 e. The minimum atomic E-state index is -0.408. The van der Waals surface area contributed by atoms with Gasteiger partial charge in [-0.05, 0) is 87.7 Å². The summed E-state index contributed by atoms with van der Waals surface area (Å²) in [5.41, 5.74) is 1.37. The maximum atomic E-state index is 12.7. The molecular formula is C20H26N2O3. The van der Waals surface area contributed by atoms with Gasteiger partial charge in [-0.1, -0.05) is 0 Å². The zero-order chi connectivity index (χ0) is 17.8. The van der Waals surface area contributed by atoms with E-state index in [-0.39, 0.29) is 23.1 Å². The number of nitro benzene ring substituents is 1. The molecule has 4 aliphatic rings. The highest BCUT2D eigenvalue weighted by atomic mass is 16.6. The van der Waals surface area contributed by atoms with E-state index in [1.54, 1.807) is 19.1 Å². The fourth-order valence-corrected chi connectivity index (χ4v) is 6.14. The van der Waals surface area contributed by atoms with Crippen LogP contribution in [0.2, 0.25) is 0 Å². The molecule has 0 aliphatic heterocycles. The van der Waals surface area contributed by atoms with Crippen molar-refractivity contribution in [3.63, 3.8) is 0 Å². The van der Waals surface area contributed by atoms with Crippen molar-refractivity contribution < 1.29 is 9.72 Å². The number of rotatable bonds is 4. The van der Waals surface area contributed by atoms with Crippen molar-refractivity contribution in [2.75, 3.05) is 0 Å². The zero-order valence-corrected chi connectivity index (χ0v) is 15.0. The van der Waals surface area contributed by atoms with Crippen molar-refractivity contribution >= 4 is 11.6 Å². The lowest BCUT2D eigenvalue weighted by Gasteiger charge is -2.59. The monoisotopic (exact) mass is 342 g/mol. The van der Waals surface area contributed by atoms with Gasteiger partial charge in [0.25, 0.3) is 11.6 Å². The van der Waals surface area contributed by atoms with Gasteiger partial charge in [0.2, 0.25) is 0 Å². The molecule has 0 radical (unpaired) electrons. The first-order valence-corrected chi connectivity index (χ1v) is 9.42. The molecule has 1 aromatic rings. The number of hydrogen-bond donors (Lipinski definition) is 1. The van der Waals surface area contributed by atoms with E-state index in [1.807, 2.05) is 0 Å². The number of carbonyl (C=O) groups excluding carboxylic acids is 1. The van der Waals surface area contributed by atoms with Crippen molar-refractivity contribution in [1.82, 2.24) is 5.32 Å². The molecule has 0 spiro atoms. The molecule has 4 bridgehead atoms. The van der Waals surface area contributed by atoms with Crippen molar-refractivity contribution in [3.05, 3.63) is 39.4 Å².